The minimum Gasteiger partial charge on any atom is -0.379 e. The van der Waals surface area contributed by atoms with Crippen molar-refractivity contribution < 1.29 is 4.74 Å². The third-order valence-electron chi connectivity index (χ3n) is 2.97. The number of nitrogens with one attached hydrogen (secondary N) is 1. The van der Waals surface area contributed by atoms with Crippen LogP contribution in [-0.2, 0) is 10.3 Å². The number of nitrogens with zero attached hydrogens (tertiary/aromatic N) is 1. The minimum absolute atomic E-state index is 0.453. The third kappa shape index (κ3) is 1.55. The molecule has 0 saturated carbocycles. The lowest BCUT2D eigenvalue weighted by molar-refractivity contribution is 0.176. The molecule has 16 heavy (non-hydrogen) atoms. The number of hydrogen-bond donors (Lipinski definition) is 2. The molecule has 1 fully saturated rings. The molecule has 1 atom stereocenters. The van der Waals surface area contributed by atoms with Crippen molar-refractivity contribution in [3.8, 4) is 0 Å². The van der Waals surface area contributed by atoms with Crippen molar-refractivity contribution in [2.24, 2.45) is 5.73 Å². The number of aromatic nitrogens is 2. The Labute approximate surface area is 101 Å². The van der Waals surface area contributed by atoms with Crippen LogP contribution in [0.2, 0.25) is 0 Å². The first kappa shape index (κ1) is 10.3. The van der Waals surface area contributed by atoms with E-state index in [9.17, 15) is 0 Å². The smallest absolute Gasteiger partial charge is 0.129 e. The summed E-state index contributed by atoms with van der Waals surface area (Å²) in [5, 5.41) is 0. The second-order valence-corrected chi connectivity index (χ2v) is 5.12. The Bertz CT molecular complexity index is 531. The van der Waals surface area contributed by atoms with Gasteiger partial charge in [-0.25, -0.2) is 4.98 Å². The molecule has 4 nitrogen and oxygen atoms in total. The number of rotatable bonds is 1. The maximum Gasteiger partial charge on any atom is 0.129 e. The average molecular weight is 282 g/mol. The number of fused-ring (bicyclic) bond motifs is 1. The van der Waals surface area contributed by atoms with Gasteiger partial charge in [-0.1, -0.05) is 15.9 Å². The fraction of sp³-hybridized carbons (Fsp3) is 0.364. The van der Waals surface area contributed by atoms with Crippen LogP contribution < -0.4 is 5.73 Å². The summed E-state index contributed by atoms with van der Waals surface area (Å²) in [6.07, 6.45) is 0.813. The maximum atomic E-state index is 6.25. The van der Waals surface area contributed by atoms with Crippen LogP contribution in [0.1, 0.15) is 12.2 Å². The Morgan fingerprint density at radius 3 is 3.12 bits per heavy atom. The summed E-state index contributed by atoms with van der Waals surface area (Å²) in [5.41, 5.74) is 7.74. The third-order valence-corrected chi connectivity index (χ3v) is 3.46. The van der Waals surface area contributed by atoms with E-state index in [-0.39, 0.29) is 0 Å². The van der Waals surface area contributed by atoms with E-state index >= 15 is 0 Å². The van der Waals surface area contributed by atoms with Gasteiger partial charge in [0.25, 0.3) is 0 Å². The molecule has 1 aromatic heterocycles. The molecular formula is C11H12BrN3O. The molecule has 84 valence electrons. The van der Waals surface area contributed by atoms with Crippen LogP contribution in [0.25, 0.3) is 11.0 Å². The van der Waals surface area contributed by atoms with Crippen molar-refractivity contribution in [3.63, 3.8) is 0 Å². The van der Waals surface area contributed by atoms with Crippen molar-refractivity contribution in [3.05, 3.63) is 28.5 Å². The van der Waals surface area contributed by atoms with Gasteiger partial charge in [0.05, 0.1) is 17.6 Å². The largest absolute Gasteiger partial charge is 0.379 e. The predicted octanol–water partition coefficient (Wildman–Crippen LogP) is 1.90. The zero-order valence-electron chi connectivity index (χ0n) is 8.66. The molecule has 0 aliphatic carbocycles. The summed E-state index contributed by atoms with van der Waals surface area (Å²) in [7, 11) is 0. The van der Waals surface area contributed by atoms with Crippen molar-refractivity contribution in [1.29, 1.82) is 0 Å². The average Bonchev–Trinajstić information content (AvgIpc) is 2.84. The van der Waals surface area contributed by atoms with Crippen LogP contribution in [0.3, 0.4) is 0 Å². The molecule has 5 heteroatoms. The number of nitrogens with two attached hydrogens (primary N) is 1. The van der Waals surface area contributed by atoms with Crippen LogP contribution in [0.5, 0.6) is 0 Å². The van der Waals surface area contributed by atoms with E-state index in [4.69, 9.17) is 10.5 Å². The zero-order chi connectivity index (χ0) is 11.2. The molecule has 3 N–H and O–H groups in total. The van der Waals surface area contributed by atoms with Crippen LogP contribution >= 0.6 is 15.9 Å². The van der Waals surface area contributed by atoms with Gasteiger partial charge in [-0.15, -0.1) is 0 Å². The number of aromatic amines is 1. The first-order valence-corrected chi connectivity index (χ1v) is 5.99. The molecule has 2 heterocycles. The fourth-order valence-electron chi connectivity index (χ4n) is 1.99. The fourth-order valence-corrected chi connectivity index (χ4v) is 2.35. The lowest BCUT2D eigenvalue weighted by Gasteiger charge is -2.17. The van der Waals surface area contributed by atoms with Crippen LogP contribution in [0.4, 0.5) is 0 Å². The van der Waals surface area contributed by atoms with Gasteiger partial charge in [0.15, 0.2) is 0 Å². The number of hydrogen-bond acceptors (Lipinski definition) is 3. The van der Waals surface area contributed by atoms with Gasteiger partial charge < -0.3 is 15.5 Å². The molecule has 1 saturated heterocycles. The second-order valence-electron chi connectivity index (χ2n) is 4.21. The monoisotopic (exact) mass is 281 g/mol. The lowest BCUT2D eigenvalue weighted by atomic mass is 10.00. The molecule has 1 aliphatic rings. The maximum absolute atomic E-state index is 6.25. The van der Waals surface area contributed by atoms with E-state index in [1.807, 2.05) is 18.2 Å². The number of ether oxygens (including phenoxy) is 1. The van der Waals surface area contributed by atoms with Crippen molar-refractivity contribution in [2.45, 2.75) is 12.0 Å². The molecule has 3 rings (SSSR count). The van der Waals surface area contributed by atoms with Gasteiger partial charge in [-0.05, 0) is 24.6 Å². The van der Waals surface area contributed by atoms with E-state index in [0.717, 1.165) is 27.8 Å². The lowest BCUT2D eigenvalue weighted by Crippen LogP contribution is -2.38. The van der Waals surface area contributed by atoms with E-state index in [0.29, 0.717) is 13.2 Å². The first-order valence-electron chi connectivity index (χ1n) is 5.20. The topological polar surface area (TPSA) is 63.9 Å². The molecule has 1 aliphatic heterocycles. The highest BCUT2D eigenvalue weighted by atomic mass is 79.9. The van der Waals surface area contributed by atoms with Gasteiger partial charge in [0.2, 0.25) is 0 Å². The molecular weight excluding hydrogens is 270 g/mol. The van der Waals surface area contributed by atoms with Gasteiger partial charge in [0.1, 0.15) is 11.4 Å². The first-order chi connectivity index (χ1) is 7.67. The highest BCUT2D eigenvalue weighted by Crippen LogP contribution is 2.28. The standard InChI is InChI=1S/C11H12BrN3O/c12-7-1-2-8-9(5-7)15-10(14-8)11(13)3-4-16-6-11/h1-2,5H,3-4,6,13H2,(H,14,15). The van der Waals surface area contributed by atoms with Crippen molar-refractivity contribution in [1.82, 2.24) is 9.97 Å². The molecule has 0 bridgehead atoms. The van der Waals surface area contributed by atoms with E-state index in [2.05, 4.69) is 25.9 Å². The zero-order valence-corrected chi connectivity index (χ0v) is 10.3. The second kappa shape index (κ2) is 3.55. The minimum atomic E-state index is -0.453. The SMILES string of the molecule is NC1(c2nc3ccc(Br)cc3[nH]2)CCOC1. The van der Waals surface area contributed by atoms with Crippen molar-refractivity contribution >= 4 is 27.0 Å². The molecule has 1 aromatic carbocycles. The van der Waals surface area contributed by atoms with Crippen molar-refractivity contribution in [2.75, 3.05) is 13.2 Å². The highest BCUT2D eigenvalue weighted by Gasteiger charge is 2.35. The Kier molecular flexibility index (Phi) is 2.27. The molecule has 2 aromatic rings. The van der Waals surface area contributed by atoms with Gasteiger partial charge in [0, 0.05) is 11.1 Å². The number of H-pyrrole nitrogens is 1. The summed E-state index contributed by atoms with van der Waals surface area (Å²) in [6.45, 7) is 1.24. The summed E-state index contributed by atoms with van der Waals surface area (Å²) in [6, 6.07) is 5.95. The normalized spacial score (nSPS) is 25.4. The van der Waals surface area contributed by atoms with E-state index < -0.39 is 5.54 Å². The Hall–Kier alpha value is -0.910. The quantitative estimate of drug-likeness (QED) is 0.839. The molecule has 1 unspecified atom stereocenters. The van der Waals surface area contributed by atoms with E-state index in [1.54, 1.807) is 0 Å². The van der Waals surface area contributed by atoms with Gasteiger partial charge in [-0.3, -0.25) is 0 Å². The van der Waals surface area contributed by atoms with Gasteiger partial charge in [-0.2, -0.15) is 0 Å². The van der Waals surface area contributed by atoms with E-state index in [1.165, 1.54) is 0 Å². The predicted molar refractivity (Wildman–Crippen MR) is 65.1 cm³/mol. The number of benzene rings is 1. The molecule has 0 spiro atoms. The Morgan fingerprint density at radius 2 is 2.38 bits per heavy atom. The summed E-state index contributed by atoms with van der Waals surface area (Å²) < 4.78 is 6.37. The summed E-state index contributed by atoms with van der Waals surface area (Å²) in [5.74, 6) is 0.818. The van der Waals surface area contributed by atoms with Crippen LogP contribution in [0, 0.1) is 0 Å². The molecule has 0 amide bonds. The Morgan fingerprint density at radius 1 is 1.50 bits per heavy atom. The van der Waals surface area contributed by atoms with Crippen LogP contribution in [0.15, 0.2) is 22.7 Å². The summed E-state index contributed by atoms with van der Waals surface area (Å²) in [4.78, 5) is 7.80. The number of halogens is 1. The summed E-state index contributed by atoms with van der Waals surface area (Å²) >= 11 is 3.43. The Balaban J connectivity index is 2.11. The molecule has 0 radical (unpaired) electrons. The van der Waals surface area contributed by atoms with Gasteiger partial charge >= 0.3 is 0 Å². The number of imidazole rings is 1. The van der Waals surface area contributed by atoms with Crippen LogP contribution in [-0.4, -0.2) is 23.2 Å². The highest BCUT2D eigenvalue weighted by molar-refractivity contribution is 9.10.